The first-order valence-electron chi connectivity index (χ1n) is 7.11. The normalized spacial score (nSPS) is 26.5. The molecule has 22 heavy (non-hydrogen) atoms. The first-order chi connectivity index (χ1) is 10.7. The van der Waals surface area contributed by atoms with Gasteiger partial charge in [0.1, 0.15) is 5.75 Å². The van der Waals surface area contributed by atoms with E-state index in [2.05, 4.69) is 10.5 Å². The molecule has 4 rings (SSSR count). The van der Waals surface area contributed by atoms with Gasteiger partial charge in [-0.15, -0.1) is 0 Å². The number of hydrogen-bond donors (Lipinski definition) is 2. The topological polar surface area (TPSA) is 70.9 Å². The predicted molar refractivity (Wildman–Crippen MR) is 81.3 cm³/mol. The third-order valence-electron chi connectivity index (χ3n) is 4.22. The summed E-state index contributed by atoms with van der Waals surface area (Å²) in [6.45, 7) is 0. The minimum atomic E-state index is -0.967. The molecule has 2 N–H and O–H groups in total. The van der Waals surface area contributed by atoms with Crippen molar-refractivity contribution < 1.29 is 14.7 Å². The first-order valence-corrected chi connectivity index (χ1v) is 7.11. The smallest absolute Gasteiger partial charge is 0.269 e. The highest BCUT2D eigenvalue weighted by Crippen LogP contribution is 2.54. The third-order valence-corrected chi connectivity index (χ3v) is 4.22. The number of benzene rings is 2. The molecular weight excluding hydrogens is 280 g/mol. The highest BCUT2D eigenvalue weighted by Gasteiger charge is 2.68. The molecule has 1 aliphatic heterocycles. The number of nitrogens with zero attached hydrogens (tertiary/aromatic N) is 1. The second-order valence-electron chi connectivity index (χ2n) is 5.55. The van der Waals surface area contributed by atoms with E-state index in [0.717, 1.165) is 11.3 Å². The number of ether oxygens (including phenoxy) is 1. The molecule has 110 valence electrons. The SMILES string of the molecule is O=C(Nc1ccccc1)[C@]12C[C@H]1/C(=N/O)c1ccccc1O2. The molecule has 1 heterocycles. The van der Waals surface area contributed by atoms with Gasteiger partial charge in [-0.3, -0.25) is 4.79 Å². The molecular formula is C17H14N2O3. The zero-order valence-corrected chi connectivity index (χ0v) is 11.7. The van der Waals surface area contributed by atoms with Gasteiger partial charge in [0.25, 0.3) is 5.91 Å². The molecule has 0 spiro atoms. The average Bonchev–Trinajstić information content (AvgIpc) is 3.29. The number of carbonyl (C=O) groups is 1. The van der Waals surface area contributed by atoms with Crippen molar-refractivity contribution in [2.45, 2.75) is 12.0 Å². The third kappa shape index (κ3) is 1.79. The van der Waals surface area contributed by atoms with Crippen LogP contribution in [0.5, 0.6) is 5.75 Å². The lowest BCUT2D eigenvalue weighted by Crippen LogP contribution is -2.41. The molecule has 2 aromatic carbocycles. The van der Waals surface area contributed by atoms with Crippen LogP contribution in [0.25, 0.3) is 0 Å². The predicted octanol–water partition coefficient (Wildman–Crippen LogP) is 2.65. The number of nitrogens with one attached hydrogen (secondary N) is 1. The average molecular weight is 294 g/mol. The molecule has 1 fully saturated rings. The molecule has 2 aliphatic rings. The summed E-state index contributed by atoms with van der Waals surface area (Å²) in [7, 11) is 0. The summed E-state index contributed by atoms with van der Waals surface area (Å²) >= 11 is 0. The molecule has 1 aliphatic carbocycles. The number of carbonyl (C=O) groups excluding carboxylic acids is 1. The van der Waals surface area contributed by atoms with Gasteiger partial charge in [-0.25, -0.2) is 0 Å². The van der Waals surface area contributed by atoms with Gasteiger partial charge in [-0.1, -0.05) is 35.5 Å². The highest BCUT2D eigenvalue weighted by molar-refractivity contribution is 6.15. The molecule has 2 atom stereocenters. The molecule has 0 saturated heterocycles. The summed E-state index contributed by atoms with van der Waals surface area (Å²) in [5.74, 6) is 0.155. The fourth-order valence-corrected chi connectivity index (χ4v) is 3.01. The van der Waals surface area contributed by atoms with Crippen molar-refractivity contribution in [3.05, 3.63) is 60.2 Å². The fourth-order valence-electron chi connectivity index (χ4n) is 3.01. The number of hydrogen-bond acceptors (Lipinski definition) is 4. The number of rotatable bonds is 2. The van der Waals surface area contributed by atoms with E-state index in [1.165, 1.54) is 0 Å². The quantitative estimate of drug-likeness (QED) is 0.660. The zero-order valence-electron chi connectivity index (χ0n) is 11.7. The van der Waals surface area contributed by atoms with Crippen molar-refractivity contribution in [2.24, 2.45) is 11.1 Å². The van der Waals surface area contributed by atoms with Crippen molar-refractivity contribution in [3.63, 3.8) is 0 Å². The van der Waals surface area contributed by atoms with Crippen LogP contribution in [0.3, 0.4) is 0 Å². The van der Waals surface area contributed by atoms with Crippen molar-refractivity contribution >= 4 is 17.3 Å². The minimum Gasteiger partial charge on any atom is -0.476 e. The van der Waals surface area contributed by atoms with Gasteiger partial charge in [-0.05, 0) is 24.3 Å². The summed E-state index contributed by atoms with van der Waals surface area (Å²) in [6.07, 6.45) is 0.514. The molecule has 0 aromatic heterocycles. The van der Waals surface area contributed by atoms with E-state index in [1.807, 2.05) is 48.5 Å². The Kier molecular flexibility index (Phi) is 2.69. The van der Waals surface area contributed by atoms with Crippen LogP contribution in [0, 0.1) is 5.92 Å². The molecule has 0 radical (unpaired) electrons. The molecule has 0 bridgehead atoms. The summed E-state index contributed by atoms with van der Waals surface area (Å²) in [6, 6.07) is 16.6. The highest BCUT2D eigenvalue weighted by atomic mass is 16.5. The molecule has 1 saturated carbocycles. The number of para-hydroxylation sites is 2. The van der Waals surface area contributed by atoms with E-state index in [-0.39, 0.29) is 11.8 Å². The number of oxime groups is 1. The van der Waals surface area contributed by atoms with E-state index in [1.54, 1.807) is 6.07 Å². The van der Waals surface area contributed by atoms with Crippen molar-refractivity contribution in [3.8, 4) is 5.75 Å². The van der Waals surface area contributed by atoms with Crippen LogP contribution < -0.4 is 10.1 Å². The first kappa shape index (κ1) is 12.9. The van der Waals surface area contributed by atoms with Crippen molar-refractivity contribution in [2.75, 3.05) is 5.32 Å². The molecule has 5 nitrogen and oxygen atoms in total. The van der Waals surface area contributed by atoms with Gasteiger partial charge >= 0.3 is 0 Å². The Morgan fingerprint density at radius 3 is 2.68 bits per heavy atom. The van der Waals surface area contributed by atoms with E-state index in [9.17, 15) is 10.0 Å². The molecule has 0 unspecified atom stereocenters. The summed E-state index contributed by atoms with van der Waals surface area (Å²) < 4.78 is 5.96. The summed E-state index contributed by atoms with van der Waals surface area (Å²) in [4.78, 5) is 12.6. The van der Waals surface area contributed by atoms with Crippen LogP contribution in [0.1, 0.15) is 12.0 Å². The lowest BCUT2D eigenvalue weighted by Gasteiger charge is -2.25. The molecule has 2 aromatic rings. The lowest BCUT2D eigenvalue weighted by atomic mass is 9.99. The maximum absolute atomic E-state index is 12.6. The van der Waals surface area contributed by atoms with Crippen molar-refractivity contribution in [1.29, 1.82) is 0 Å². The van der Waals surface area contributed by atoms with Gasteiger partial charge < -0.3 is 15.3 Å². The molecule has 5 heteroatoms. The summed E-state index contributed by atoms with van der Waals surface area (Å²) in [5.41, 5.74) is 1.02. The van der Waals surface area contributed by atoms with Crippen LogP contribution >= 0.6 is 0 Å². The zero-order chi connectivity index (χ0) is 15.2. The lowest BCUT2D eigenvalue weighted by molar-refractivity contribution is -0.125. The summed E-state index contributed by atoms with van der Waals surface area (Å²) in [5, 5.41) is 15.6. The van der Waals surface area contributed by atoms with Crippen LogP contribution in [0.2, 0.25) is 0 Å². The Hall–Kier alpha value is -2.82. The number of fused-ring (bicyclic) bond motifs is 2. The minimum absolute atomic E-state index is 0.209. The fraction of sp³-hybridized carbons (Fsp3) is 0.176. The van der Waals surface area contributed by atoms with Crippen LogP contribution in [-0.2, 0) is 4.79 Å². The van der Waals surface area contributed by atoms with E-state index < -0.39 is 5.60 Å². The maximum Gasteiger partial charge on any atom is 0.269 e. The monoisotopic (exact) mass is 294 g/mol. The second-order valence-corrected chi connectivity index (χ2v) is 5.55. The Labute approximate surface area is 127 Å². The standard InChI is InChI=1S/C17H14N2O3/c20-16(18-11-6-2-1-3-7-11)17-10-13(17)15(19-21)12-8-4-5-9-14(12)22-17/h1-9,13,21H,10H2,(H,18,20)/b19-15+/t13-,17-/m0/s1. The Morgan fingerprint density at radius 2 is 1.91 bits per heavy atom. The number of anilines is 1. The van der Waals surface area contributed by atoms with Gasteiger partial charge in [0.2, 0.25) is 0 Å². The Morgan fingerprint density at radius 1 is 1.18 bits per heavy atom. The van der Waals surface area contributed by atoms with Gasteiger partial charge in [0, 0.05) is 17.7 Å². The maximum atomic E-state index is 12.6. The largest absolute Gasteiger partial charge is 0.476 e. The van der Waals surface area contributed by atoms with E-state index in [0.29, 0.717) is 17.9 Å². The Balaban J connectivity index is 1.66. The van der Waals surface area contributed by atoms with Crippen molar-refractivity contribution in [1.82, 2.24) is 0 Å². The van der Waals surface area contributed by atoms with E-state index in [4.69, 9.17) is 4.74 Å². The molecule has 1 amide bonds. The Bertz CT molecular complexity index is 772. The van der Waals surface area contributed by atoms with Crippen LogP contribution in [0.15, 0.2) is 59.8 Å². The van der Waals surface area contributed by atoms with Crippen LogP contribution in [-0.4, -0.2) is 22.4 Å². The van der Waals surface area contributed by atoms with Gasteiger partial charge in [0.05, 0.1) is 11.6 Å². The van der Waals surface area contributed by atoms with E-state index >= 15 is 0 Å². The van der Waals surface area contributed by atoms with Gasteiger partial charge in [-0.2, -0.15) is 0 Å². The number of amides is 1. The van der Waals surface area contributed by atoms with Crippen LogP contribution in [0.4, 0.5) is 5.69 Å². The second kappa shape index (κ2) is 4.59. The van der Waals surface area contributed by atoms with Gasteiger partial charge in [0.15, 0.2) is 5.60 Å².